The molecule has 1 saturated carbocycles. The lowest BCUT2D eigenvalue weighted by atomic mass is 9.65. The van der Waals surface area contributed by atoms with Crippen LogP contribution in [0.3, 0.4) is 0 Å². The third-order valence-corrected chi connectivity index (χ3v) is 4.35. The maximum absolute atomic E-state index is 12.0. The number of nitrogens with zero attached hydrogens (tertiary/aromatic N) is 1. The first-order valence-electron chi connectivity index (χ1n) is 5.84. The minimum absolute atomic E-state index is 0.0926. The van der Waals surface area contributed by atoms with Crippen molar-refractivity contribution in [1.29, 1.82) is 0 Å². The second kappa shape index (κ2) is 4.29. The Morgan fingerprint density at radius 3 is 2.18 bits per heavy atom. The van der Waals surface area contributed by atoms with Gasteiger partial charge in [0.1, 0.15) is 0 Å². The van der Waals surface area contributed by atoms with Crippen LogP contribution in [-0.2, 0) is 9.59 Å². The van der Waals surface area contributed by atoms with E-state index >= 15 is 0 Å². The van der Waals surface area contributed by atoms with Crippen molar-refractivity contribution in [3.63, 3.8) is 0 Å². The SMILES string of the molecule is CN(C)NC(=O)[C@H]1CC[C@@](C)(C(=O)O)C1(C)C. The van der Waals surface area contributed by atoms with Crippen molar-refractivity contribution >= 4 is 11.9 Å². The maximum atomic E-state index is 12.0. The molecule has 98 valence electrons. The van der Waals surface area contributed by atoms with Crippen LogP contribution in [0.2, 0.25) is 0 Å². The number of nitrogens with one attached hydrogen (secondary N) is 1. The van der Waals surface area contributed by atoms with Crippen molar-refractivity contribution in [3.05, 3.63) is 0 Å². The lowest BCUT2D eigenvalue weighted by Gasteiger charge is -2.38. The Hall–Kier alpha value is -1.10. The van der Waals surface area contributed by atoms with Gasteiger partial charge in [-0.25, -0.2) is 5.01 Å². The molecule has 1 aliphatic carbocycles. The van der Waals surface area contributed by atoms with Crippen LogP contribution >= 0.6 is 0 Å². The summed E-state index contributed by atoms with van der Waals surface area (Å²) in [6.07, 6.45) is 1.16. The average molecular weight is 242 g/mol. The standard InChI is InChI=1S/C12H22N2O3/c1-11(2)8(9(15)13-14(4)5)6-7-12(11,3)10(16)17/h8H,6-7H2,1-5H3,(H,13,15)(H,16,17)/t8-,12+/m1/s1. The molecular weight excluding hydrogens is 220 g/mol. The van der Waals surface area contributed by atoms with Crippen molar-refractivity contribution in [2.45, 2.75) is 33.6 Å². The van der Waals surface area contributed by atoms with E-state index in [9.17, 15) is 14.7 Å². The molecule has 5 nitrogen and oxygen atoms in total. The van der Waals surface area contributed by atoms with E-state index < -0.39 is 16.8 Å². The van der Waals surface area contributed by atoms with Crippen molar-refractivity contribution in [3.8, 4) is 0 Å². The molecule has 1 aliphatic rings. The van der Waals surface area contributed by atoms with Crippen LogP contribution in [0.5, 0.6) is 0 Å². The highest BCUT2D eigenvalue weighted by molar-refractivity contribution is 5.83. The fourth-order valence-electron chi connectivity index (χ4n) is 2.64. The van der Waals surface area contributed by atoms with Gasteiger partial charge < -0.3 is 5.11 Å². The number of hydrogen-bond acceptors (Lipinski definition) is 3. The van der Waals surface area contributed by atoms with E-state index in [0.717, 1.165) is 0 Å². The smallest absolute Gasteiger partial charge is 0.309 e. The summed E-state index contributed by atoms with van der Waals surface area (Å²) in [6.45, 7) is 5.47. The minimum atomic E-state index is -0.832. The maximum Gasteiger partial charge on any atom is 0.309 e. The average Bonchev–Trinajstić information content (AvgIpc) is 2.38. The van der Waals surface area contributed by atoms with Crippen LogP contribution in [-0.4, -0.2) is 36.1 Å². The number of amides is 1. The third-order valence-electron chi connectivity index (χ3n) is 4.35. The Balaban J connectivity index is 2.93. The topological polar surface area (TPSA) is 69.6 Å². The summed E-state index contributed by atoms with van der Waals surface area (Å²) < 4.78 is 0. The van der Waals surface area contributed by atoms with Gasteiger partial charge in [0.15, 0.2) is 0 Å². The molecule has 1 amide bonds. The van der Waals surface area contributed by atoms with Crippen LogP contribution in [0.1, 0.15) is 33.6 Å². The molecule has 0 aromatic heterocycles. The number of carboxylic acids is 1. The first-order valence-corrected chi connectivity index (χ1v) is 5.84. The lowest BCUT2D eigenvalue weighted by molar-refractivity contribution is -0.155. The molecule has 0 radical (unpaired) electrons. The molecule has 2 N–H and O–H groups in total. The molecule has 17 heavy (non-hydrogen) atoms. The molecule has 0 aromatic rings. The van der Waals surface area contributed by atoms with Crippen LogP contribution in [0, 0.1) is 16.7 Å². The summed E-state index contributed by atoms with van der Waals surface area (Å²) in [4.78, 5) is 23.4. The molecule has 1 fully saturated rings. The first-order chi connectivity index (χ1) is 7.63. The number of rotatable bonds is 3. The molecule has 1 rings (SSSR count). The Bertz CT molecular complexity index is 339. The molecule has 2 atom stereocenters. The molecule has 0 unspecified atom stereocenters. The summed E-state index contributed by atoms with van der Waals surface area (Å²) in [6, 6.07) is 0. The monoisotopic (exact) mass is 242 g/mol. The number of hydrazine groups is 1. The number of hydrogen-bond donors (Lipinski definition) is 2. The lowest BCUT2D eigenvalue weighted by Crippen LogP contribution is -2.48. The highest BCUT2D eigenvalue weighted by Gasteiger charge is 2.58. The molecule has 0 aromatic carbocycles. The predicted octanol–water partition coefficient (Wildman–Crippen LogP) is 1.11. The third kappa shape index (κ3) is 2.16. The zero-order valence-electron chi connectivity index (χ0n) is 11.2. The Morgan fingerprint density at radius 2 is 1.82 bits per heavy atom. The van der Waals surface area contributed by atoms with Crippen molar-refractivity contribution in [2.24, 2.45) is 16.7 Å². The van der Waals surface area contributed by atoms with E-state index in [1.165, 1.54) is 0 Å². The highest BCUT2D eigenvalue weighted by Crippen LogP contribution is 2.56. The van der Waals surface area contributed by atoms with Gasteiger partial charge in [-0.1, -0.05) is 13.8 Å². The molecule has 0 heterocycles. The van der Waals surface area contributed by atoms with Gasteiger partial charge in [-0.05, 0) is 25.2 Å². The Kier molecular flexibility index (Phi) is 3.52. The van der Waals surface area contributed by atoms with Gasteiger partial charge in [-0.2, -0.15) is 0 Å². The van der Waals surface area contributed by atoms with E-state index in [4.69, 9.17) is 0 Å². The zero-order valence-corrected chi connectivity index (χ0v) is 11.2. The summed E-state index contributed by atoms with van der Waals surface area (Å²) in [5.41, 5.74) is 1.34. The molecule has 0 saturated heterocycles. The van der Waals surface area contributed by atoms with Gasteiger partial charge in [0.25, 0.3) is 0 Å². The van der Waals surface area contributed by atoms with Gasteiger partial charge >= 0.3 is 5.97 Å². The summed E-state index contributed by atoms with van der Waals surface area (Å²) in [5.74, 6) is -1.17. The highest BCUT2D eigenvalue weighted by atomic mass is 16.4. The molecule has 0 aliphatic heterocycles. The fourth-order valence-corrected chi connectivity index (χ4v) is 2.64. The van der Waals surface area contributed by atoms with Crippen molar-refractivity contribution in [2.75, 3.05) is 14.1 Å². The molecule has 0 bridgehead atoms. The van der Waals surface area contributed by atoms with Gasteiger partial charge in [0.05, 0.1) is 5.41 Å². The van der Waals surface area contributed by atoms with Gasteiger partial charge in [-0.3, -0.25) is 15.0 Å². The van der Waals surface area contributed by atoms with Crippen LogP contribution < -0.4 is 5.43 Å². The Morgan fingerprint density at radius 1 is 1.29 bits per heavy atom. The predicted molar refractivity (Wildman–Crippen MR) is 64.1 cm³/mol. The summed E-state index contributed by atoms with van der Waals surface area (Å²) in [7, 11) is 3.49. The second-order valence-electron chi connectivity index (χ2n) is 5.82. The zero-order chi connectivity index (χ0) is 13.4. The van der Waals surface area contributed by atoms with Crippen molar-refractivity contribution in [1.82, 2.24) is 10.4 Å². The Labute approximate surface area is 102 Å². The van der Waals surface area contributed by atoms with E-state index in [1.54, 1.807) is 26.0 Å². The number of carboxylic acid groups (broad SMARTS) is 1. The minimum Gasteiger partial charge on any atom is -0.481 e. The molecule has 5 heteroatoms. The van der Waals surface area contributed by atoms with Crippen LogP contribution in [0.25, 0.3) is 0 Å². The van der Waals surface area contributed by atoms with E-state index in [-0.39, 0.29) is 11.8 Å². The fraction of sp³-hybridized carbons (Fsp3) is 0.833. The molecule has 0 spiro atoms. The first kappa shape index (κ1) is 14.0. The summed E-state index contributed by atoms with van der Waals surface area (Å²) >= 11 is 0. The van der Waals surface area contributed by atoms with Gasteiger partial charge in [0, 0.05) is 20.0 Å². The number of aliphatic carboxylic acids is 1. The van der Waals surface area contributed by atoms with Crippen LogP contribution in [0.4, 0.5) is 0 Å². The second-order valence-corrected chi connectivity index (χ2v) is 5.82. The summed E-state index contributed by atoms with van der Waals surface area (Å²) in [5, 5.41) is 10.9. The van der Waals surface area contributed by atoms with Gasteiger partial charge in [-0.15, -0.1) is 0 Å². The van der Waals surface area contributed by atoms with Crippen molar-refractivity contribution < 1.29 is 14.7 Å². The quantitative estimate of drug-likeness (QED) is 0.727. The van der Waals surface area contributed by atoms with E-state index in [2.05, 4.69) is 5.43 Å². The number of carbonyl (C=O) groups excluding carboxylic acids is 1. The van der Waals surface area contributed by atoms with Gasteiger partial charge in [0.2, 0.25) is 5.91 Å². The normalized spacial score (nSPS) is 31.5. The number of carbonyl (C=O) groups is 2. The largest absolute Gasteiger partial charge is 0.481 e. The van der Waals surface area contributed by atoms with E-state index in [0.29, 0.717) is 12.8 Å². The van der Waals surface area contributed by atoms with Crippen LogP contribution in [0.15, 0.2) is 0 Å². The van der Waals surface area contributed by atoms with E-state index in [1.807, 2.05) is 13.8 Å². The molecular formula is C12H22N2O3.